The standard InChI is InChI=1S/C11H15N5O/c1-7-3-9(10(17-2)6-13-7)14-4-8-5-15-16-11(8)12/h3,5-6H,4H2,1-2H3,(H,13,14)(H3,12,15,16). The van der Waals surface area contributed by atoms with Gasteiger partial charge in [0.1, 0.15) is 5.82 Å². The van der Waals surface area contributed by atoms with Gasteiger partial charge in [-0.15, -0.1) is 0 Å². The molecule has 0 saturated carbocycles. The summed E-state index contributed by atoms with van der Waals surface area (Å²) in [5, 5.41) is 9.79. The zero-order valence-electron chi connectivity index (χ0n) is 9.82. The second-order valence-electron chi connectivity index (χ2n) is 3.69. The molecule has 2 aromatic rings. The topological polar surface area (TPSA) is 88.8 Å². The van der Waals surface area contributed by atoms with Gasteiger partial charge in [-0.2, -0.15) is 5.10 Å². The Labute approximate surface area is 99.2 Å². The summed E-state index contributed by atoms with van der Waals surface area (Å²) in [4.78, 5) is 4.16. The minimum Gasteiger partial charge on any atom is -0.493 e. The van der Waals surface area contributed by atoms with Crippen LogP contribution >= 0.6 is 0 Å². The van der Waals surface area contributed by atoms with E-state index in [2.05, 4.69) is 20.5 Å². The van der Waals surface area contributed by atoms with Gasteiger partial charge in [0, 0.05) is 17.8 Å². The van der Waals surface area contributed by atoms with Crippen molar-refractivity contribution in [2.24, 2.45) is 0 Å². The Morgan fingerprint density at radius 3 is 2.94 bits per heavy atom. The smallest absolute Gasteiger partial charge is 0.160 e. The largest absolute Gasteiger partial charge is 0.493 e. The van der Waals surface area contributed by atoms with Crippen molar-refractivity contribution in [2.75, 3.05) is 18.2 Å². The van der Waals surface area contributed by atoms with Crippen LogP contribution in [0.5, 0.6) is 5.75 Å². The number of H-pyrrole nitrogens is 1. The van der Waals surface area contributed by atoms with Crippen LogP contribution in [0, 0.1) is 6.92 Å². The van der Waals surface area contributed by atoms with Crippen LogP contribution in [0.4, 0.5) is 11.5 Å². The lowest BCUT2D eigenvalue weighted by molar-refractivity contribution is 0.414. The van der Waals surface area contributed by atoms with Gasteiger partial charge in [-0.3, -0.25) is 10.1 Å². The lowest BCUT2D eigenvalue weighted by Gasteiger charge is -2.10. The van der Waals surface area contributed by atoms with Crippen molar-refractivity contribution in [1.29, 1.82) is 0 Å². The first-order chi connectivity index (χ1) is 8.20. The fourth-order valence-electron chi connectivity index (χ4n) is 1.50. The van der Waals surface area contributed by atoms with E-state index in [0.29, 0.717) is 18.1 Å². The highest BCUT2D eigenvalue weighted by molar-refractivity contribution is 5.56. The first-order valence-electron chi connectivity index (χ1n) is 5.23. The molecule has 0 aliphatic heterocycles. The molecule has 2 rings (SSSR count). The number of rotatable bonds is 4. The predicted octanol–water partition coefficient (Wildman–Crippen LogP) is 1.32. The third-order valence-electron chi connectivity index (χ3n) is 2.44. The van der Waals surface area contributed by atoms with Gasteiger partial charge < -0.3 is 15.8 Å². The van der Waals surface area contributed by atoms with E-state index in [1.807, 2.05) is 13.0 Å². The van der Waals surface area contributed by atoms with Gasteiger partial charge in [0.25, 0.3) is 0 Å². The quantitative estimate of drug-likeness (QED) is 0.741. The van der Waals surface area contributed by atoms with E-state index in [1.54, 1.807) is 19.5 Å². The number of nitrogens with zero attached hydrogens (tertiary/aromatic N) is 2. The molecule has 0 aliphatic rings. The number of aromatic amines is 1. The third kappa shape index (κ3) is 2.47. The van der Waals surface area contributed by atoms with Crippen molar-refractivity contribution in [3.63, 3.8) is 0 Å². The van der Waals surface area contributed by atoms with Crippen molar-refractivity contribution in [3.8, 4) is 5.75 Å². The molecule has 0 atom stereocenters. The molecular formula is C11H15N5O. The van der Waals surface area contributed by atoms with Gasteiger partial charge in [0.05, 0.1) is 25.2 Å². The Bertz CT molecular complexity index is 508. The lowest BCUT2D eigenvalue weighted by atomic mass is 10.2. The number of aryl methyl sites for hydroxylation is 1. The summed E-state index contributed by atoms with van der Waals surface area (Å²) in [7, 11) is 1.61. The number of aromatic nitrogens is 3. The lowest BCUT2D eigenvalue weighted by Crippen LogP contribution is -2.03. The highest BCUT2D eigenvalue weighted by atomic mass is 16.5. The number of pyridine rings is 1. The number of ether oxygens (including phenoxy) is 1. The number of nitrogens with one attached hydrogen (secondary N) is 2. The van der Waals surface area contributed by atoms with E-state index >= 15 is 0 Å². The molecule has 4 N–H and O–H groups in total. The molecule has 2 aromatic heterocycles. The number of methoxy groups -OCH3 is 1. The van der Waals surface area contributed by atoms with Crippen molar-refractivity contribution in [3.05, 3.63) is 29.7 Å². The molecule has 0 bridgehead atoms. The number of nitrogens with two attached hydrogens (primary N) is 1. The highest BCUT2D eigenvalue weighted by Crippen LogP contribution is 2.24. The molecule has 0 unspecified atom stereocenters. The summed E-state index contributed by atoms with van der Waals surface area (Å²) in [5.41, 5.74) is 8.44. The van der Waals surface area contributed by atoms with Crippen LogP contribution in [0.1, 0.15) is 11.3 Å². The Kier molecular flexibility index (Phi) is 3.13. The van der Waals surface area contributed by atoms with Crippen LogP contribution in [0.3, 0.4) is 0 Å². The van der Waals surface area contributed by atoms with Crippen LogP contribution in [0.25, 0.3) is 0 Å². The number of hydrogen-bond donors (Lipinski definition) is 3. The first-order valence-corrected chi connectivity index (χ1v) is 5.23. The average molecular weight is 233 g/mol. The molecular weight excluding hydrogens is 218 g/mol. The first kappa shape index (κ1) is 11.3. The van der Waals surface area contributed by atoms with Gasteiger partial charge in [-0.25, -0.2) is 0 Å². The third-order valence-corrected chi connectivity index (χ3v) is 2.44. The van der Waals surface area contributed by atoms with E-state index in [-0.39, 0.29) is 0 Å². The minimum absolute atomic E-state index is 0.572. The van der Waals surface area contributed by atoms with Gasteiger partial charge in [-0.1, -0.05) is 0 Å². The number of hydrogen-bond acceptors (Lipinski definition) is 5. The molecule has 2 heterocycles. The predicted molar refractivity (Wildman–Crippen MR) is 65.9 cm³/mol. The van der Waals surface area contributed by atoms with Gasteiger partial charge in [0.15, 0.2) is 5.75 Å². The Hall–Kier alpha value is -2.24. The van der Waals surface area contributed by atoms with Gasteiger partial charge in [-0.05, 0) is 13.0 Å². The molecule has 0 spiro atoms. The monoisotopic (exact) mass is 233 g/mol. The maximum atomic E-state index is 5.70. The molecule has 0 aliphatic carbocycles. The van der Waals surface area contributed by atoms with E-state index in [9.17, 15) is 0 Å². The van der Waals surface area contributed by atoms with E-state index in [4.69, 9.17) is 10.5 Å². The Morgan fingerprint density at radius 1 is 1.47 bits per heavy atom. The van der Waals surface area contributed by atoms with E-state index < -0.39 is 0 Å². The normalized spacial score (nSPS) is 10.2. The summed E-state index contributed by atoms with van der Waals surface area (Å²) < 4.78 is 5.22. The SMILES string of the molecule is COc1cnc(C)cc1NCc1cn[nH]c1N. The molecule has 90 valence electrons. The summed E-state index contributed by atoms with van der Waals surface area (Å²) >= 11 is 0. The summed E-state index contributed by atoms with van der Waals surface area (Å²) in [6.07, 6.45) is 3.39. The molecule has 0 aromatic carbocycles. The fraction of sp³-hybridized carbons (Fsp3) is 0.273. The summed E-state index contributed by atoms with van der Waals surface area (Å²) in [5.74, 6) is 1.28. The van der Waals surface area contributed by atoms with Crippen LogP contribution in [-0.4, -0.2) is 22.3 Å². The van der Waals surface area contributed by atoms with Crippen LogP contribution in [0.2, 0.25) is 0 Å². The fourth-order valence-corrected chi connectivity index (χ4v) is 1.50. The molecule has 0 amide bonds. The van der Waals surface area contributed by atoms with Crippen molar-refractivity contribution < 1.29 is 4.74 Å². The second-order valence-corrected chi connectivity index (χ2v) is 3.69. The average Bonchev–Trinajstić information content (AvgIpc) is 2.72. The van der Waals surface area contributed by atoms with Gasteiger partial charge >= 0.3 is 0 Å². The van der Waals surface area contributed by atoms with Crippen LogP contribution < -0.4 is 15.8 Å². The van der Waals surface area contributed by atoms with Crippen molar-refractivity contribution in [2.45, 2.75) is 13.5 Å². The molecule has 6 heteroatoms. The maximum Gasteiger partial charge on any atom is 0.160 e. The number of anilines is 2. The molecule has 0 saturated heterocycles. The summed E-state index contributed by atoms with van der Waals surface area (Å²) in [6, 6.07) is 1.93. The second kappa shape index (κ2) is 4.73. The van der Waals surface area contributed by atoms with E-state index in [1.165, 1.54) is 0 Å². The summed E-state index contributed by atoms with van der Waals surface area (Å²) in [6.45, 7) is 2.51. The van der Waals surface area contributed by atoms with E-state index in [0.717, 1.165) is 16.9 Å². The Morgan fingerprint density at radius 2 is 2.29 bits per heavy atom. The molecule has 6 nitrogen and oxygen atoms in total. The molecule has 0 fully saturated rings. The van der Waals surface area contributed by atoms with Crippen LogP contribution in [0.15, 0.2) is 18.5 Å². The van der Waals surface area contributed by atoms with Crippen LogP contribution in [-0.2, 0) is 6.54 Å². The number of nitrogen functional groups attached to an aromatic ring is 1. The zero-order chi connectivity index (χ0) is 12.3. The maximum absolute atomic E-state index is 5.70. The highest BCUT2D eigenvalue weighted by Gasteiger charge is 2.05. The van der Waals surface area contributed by atoms with Gasteiger partial charge in [0.2, 0.25) is 0 Å². The molecule has 17 heavy (non-hydrogen) atoms. The van der Waals surface area contributed by atoms with Crippen molar-refractivity contribution in [1.82, 2.24) is 15.2 Å². The van der Waals surface area contributed by atoms with Crippen molar-refractivity contribution >= 4 is 11.5 Å². The zero-order valence-corrected chi connectivity index (χ0v) is 9.82. The molecule has 0 radical (unpaired) electrons. The Balaban J connectivity index is 2.13. The minimum atomic E-state index is 0.572.